The maximum absolute atomic E-state index is 12.5. The van der Waals surface area contributed by atoms with Crippen LogP contribution in [-0.2, 0) is 27.1 Å². The number of methoxy groups -OCH3 is 1. The second-order valence-corrected chi connectivity index (χ2v) is 9.29. The van der Waals surface area contributed by atoms with Gasteiger partial charge in [0, 0.05) is 12.1 Å². The third-order valence-corrected chi connectivity index (χ3v) is 5.43. The second-order valence-electron chi connectivity index (χ2n) is 9.29. The number of ether oxygens (including phenoxy) is 2. The molecule has 0 aliphatic carbocycles. The minimum atomic E-state index is -0.524. The largest absolute Gasteiger partial charge is 0.496 e. The zero-order valence-corrected chi connectivity index (χ0v) is 17.6. The van der Waals surface area contributed by atoms with E-state index in [9.17, 15) is 4.79 Å². The van der Waals surface area contributed by atoms with Crippen LogP contribution in [0, 0.1) is 0 Å². The lowest BCUT2D eigenvalue weighted by molar-refractivity contribution is 0.00578. The van der Waals surface area contributed by atoms with Crippen LogP contribution in [0.25, 0.3) is 0 Å². The van der Waals surface area contributed by atoms with Crippen LogP contribution in [0.2, 0.25) is 0 Å². The third kappa shape index (κ3) is 3.80. The Morgan fingerprint density at radius 3 is 2.22 bits per heavy atom. The number of carbonyl (C=O) groups excluding carboxylic acids is 1. The highest BCUT2D eigenvalue weighted by Gasteiger charge is 2.52. The van der Waals surface area contributed by atoms with Gasteiger partial charge >= 0.3 is 13.2 Å². The summed E-state index contributed by atoms with van der Waals surface area (Å²) < 4.78 is 23.4. The maximum Gasteiger partial charge on any atom is 0.494 e. The van der Waals surface area contributed by atoms with Crippen LogP contribution >= 0.6 is 0 Å². The average Bonchev–Trinajstić information content (AvgIpc) is 3.03. The molecule has 0 saturated carbocycles. The number of carbonyl (C=O) groups is 1. The molecule has 148 valence electrons. The molecule has 3 rings (SSSR count). The van der Waals surface area contributed by atoms with Crippen molar-refractivity contribution in [2.45, 2.75) is 78.4 Å². The van der Waals surface area contributed by atoms with E-state index in [1.165, 1.54) is 0 Å². The molecule has 1 saturated heterocycles. The van der Waals surface area contributed by atoms with Gasteiger partial charge in [0.1, 0.15) is 11.4 Å². The molecule has 27 heavy (non-hydrogen) atoms. The quantitative estimate of drug-likeness (QED) is 0.743. The van der Waals surface area contributed by atoms with Gasteiger partial charge in [-0.05, 0) is 65.6 Å². The number of fused-ring (bicyclic) bond motifs is 1. The molecule has 2 aliphatic rings. The molecule has 2 aliphatic heterocycles. The van der Waals surface area contributed by atoms with Crippen molar-refractivity contribution in [2.75, 3.05) is 7.11 Å². The molecular weight excluding hydrogens is 345 g/mol. The van der Waals surface area contributed by atoms with Gasteiger partial charge in [-0.15, -0.1) is 0 Å². The van der Waals surface area contributed by atoms with Gasteiger partial charge in [-0.25, -0.2) is 4.79 Å². The van der Waals surface area contributed by atoms with Gasteiger partial charge in [-0.3, -0.25) is 4.90 Å². The highest BCUT2D eigenvalue weighted by atomic mass is 16.7. The fraction of sp³-hybridized carbons (Fsp3) is 0.650. The van der Waals surface area contributed by atoms with E-state index in [1.807, 2.05) is 60.6 Å². The van der Waals surface area contributed by atoms with Gasteiger partial charge in [0.2, 0.25) is 0 Å². The summed E-state index contributed by atoms with van der Waals surface area (Å²) in [5.41, 5.74) is 1.59. The first-order valence-electron chi connectivity index (χ1n) is 9.36. The van der Waals surface area contributed by atoms with Gasteiger partial charge in [0.15, 0.2) is 0 Å². The molecule has 1 aromatic carbocycles. The Bertz CT molecular complexity index is 737. The lowest BCUT2D eigenvalue weighted by Gasteiger charge is -2.32. The van der Waals surface area contributed by atoms with Gasteiger partial charge in [-0.2, -0.15) is 0 Å². The Morgan fingerprint density at radius 2 is 1.70 bits per heavy atom. The van der Waals surface area contributed by atoms with E-state index in [4.69, 9.17) is 18.8 Å². The molecule has 0 atom stereocenters. The molecule has 0 unspecified atom stereocenters. The third-order valence-electron chi connectivity index (χ3n) is 5.43. The highest BCUT2D eigenvalue weighted by Crippen LogP contribution is 2.38. The molecule has 0 bridgehead atoms. The average molecular weight is 375 g/mol. The van der Waals surface area contributed by atoms with Crippen molar-refractivity contribution in [1.29, 1.82) is 0 Å². The maximum atomic E-state index is 12.5. The van der Waals surface area contributed by atoms with Crippen LogP contribution in [0.5, 0.6) is 5.75 Å². The van der Waals surface area contributed by atoms with Crippen molar-refractivity contribution >= 4 is 18.7 Å². The van der Waals surface area contributed by atoms with Crippen molar-refractivity contribution in [2.24, 2.45) is 0 Å². The normalized spacial score (nSPS) is 20.6. The lowest BCUT2D eigenvalue weighted by atomic mass is 9.77. The zero-order chi connectivity index (χ0) is 20.2. The van der Waals surface area contributed by atoms with Crippen LogP contribution in [0.3, 0.4) is 0 Å². The minimum Gasteiger partial charge on any atom is -0.496 e. The molecule has 0 radical (unpaired) electrons. The lowest BCUT2D eigenvalue weighted by Crippen LogP contribution is -2.41. The van der Waals surface area contributed by atoms with E-state index < -0.39 is 23.9 Å². The molecule has 2 heterocycles. The van der Waals surface area contributed by atoms with E-state index in [-0.39, 0.29) is 6.09 Å². The molecule has 1 fully saturated rings. The van der Waals surface area contributed by atoms with Gasteiger partial charge in [0.05, 0.1) is 24.9 Å². The predicted molar refractivity (Wildman–Crippen MR) is 104 cm³/mol. The summed E-state index contributed by atoms with van der Waals surface area (Å²) in [6.07, 6.45) is -0.321. The van der Waals surface area contributed by atoms with Gasteiger partial charge in [-0.1, -0.05) is 6.07 Å². The van der Waals surface area contributed by atoms with Crippen LogP contribution in [0.1, 0.15) is 59.6 Å². The Hall–Kier alpha value is -1.73. The van der Waals surface area contributed by atoms with Crippen molar-refractivity contribution in [1.82, 2.24) is 4.90 Å². The molecule has 6 nitrogen and oxygen atoms in total. The number of nitrogens with zero attached hydrogens (tertiary/aromatic N) is 1. The number of benzene rings is 1. The fourth-order valence-corrected chi connectivity index (χ4v) is 3.25. The zero-order valence-electron chi connectivity index (χ0n) is 17.6. The summed E-state index contributed by atoms with van der Waals surface area (Å²) in [7, 11) is 1.17. The summed E-state index contributed by atoms with van der Waals surface area (Å²) in [6.45, 7) is 14.7. The topological polar surface area (TPSA) is 57.2 Å². The number of hydrogen-bond acceptors (Lipinski definition) is 5. The standard InChI is InChI=1S/C20H30BNO5/c1-18(2,3)25-17(23)22-11-13-9-14(10-16(24-8)15(13)12-22)21-26-19(4,5)20(6,7)27-21/h9-10H,11-12H2,1-8H3. The first-order valence-corrected chi connectivity index (χ1v) is 9.36. The van der Waals surface area contributed by atoms with E-state index >= 15 is 0 Å². The summed E-state index contributed by atoms with van der Waals surface area (Å²) >= 11 is 0. The molecular formula is C20H30BNO5. The van der Waals surface area contributed by atoms with Crippen LogP contribution in [0.15, 0.2) is 12.1 Å². The van der Waals surface area contributed by atoms with Crippen LogP contribution in [-0.4, -0.2) is 42.0 Å². The minimum absolute atomic E-state index is 0.321. The van der Waals surface area contributed by atoms with Crippen LogP contribution < -0.4 is 10.2 Å². The van der Waals surface area contributed by atoms with Crippen LogP contribution in [0.4, 0.5) is 4.79 Å². The smallest absolute Gasteiger partial charge is 0.494 e. The Balaban J connectivity index is 1.86. The number of amides is 1. The Labute approximate surface area is 162 Å². The van der Waals surface area contributed by atoms with E-state index in [1.54, 1.807) is 12.0 Å². The number of hydrogen-bond donors (Lipinski definition) is 0. The number of rotatable bonds is 2. The monoisotopic (exact) mass is 375 g/mol. The molecule has 0 N–H and O–H groups in total. The summed E-state index contributed by atoms with van der Waals surface area (Å²) in [6, 6.07) is 3.99. The molecule has 0 aromatic heterocycles. The van der Waals surface area contributed by atoms with E-state index in [2.05, 4.69) is 0 Å². The first-order chi connectivity index (χ1) is 12.3. The van der Waals surface area contributed by atoms with Gasteiger partial charge < -0.3 is 18.8 Å². The molecule has 7 heteroatoms. The Morgan fingerprint density at radius 1 is 1.11 bits per heavy atom. The van der Waals surface area contributed by atoms with E-state index in [0.717, 1.165) is 22.3 Å². The summed E-state index contributed by atoms with van der Waals surface area (Å²) in [4.78, 5) is 14.1. The Kier molecular flexibility index (Phi) is 4.76. The van der Waals surface area contributed by atoms with Crippen molar-refractivity contribution in [3.63, 3.8) is 0 Å². The second kappa shape index (κ2) is 6.42. The van der Waals surface area contributed by atoms with E-state index in [0.29, 0.717) is 13.1 Å². The first kappa shape index (κ1) is 20.0. The van der Waals surface area contributed by atoms with Crippen molar-refractivity contribution < 1.29 is 23.6 Å². The van der Waals surface area contributed by atoms with Gasteiger partial charge in [0.25, 0.3) is 0 Å². The van der Waals surface area contributed by atoms with Crippen molar-refractivity contribution in [3.05, 3.63) is 23.3 Å². The summed E-state index contributed by atoms with van der Waals surface area (Å²) in [5.74, 6) is 0.739. The highest BCUT2D eigenvalue weighted by molar-refractivity contribution is 6.62. The molecule has 1 amide bonds. The SMILES string of the molecule is COc1cc(B2OC(C)(C)C(C)(C)O2)cc2c1CN(C(=O)OC(C)(C)C)C2. The van der Waals surface area contributed by atoms with Crippen molar-refractivity contribution in [3.8, 4) is 5.75 Å². The molecule has 1 aromatic rings. The fourth-order valence-electron chi connectivity index (χ4n) is 3.25. The molecule has 0 spiro atoms. The predicted octanol–water partition coefficient (Wildman–Crippen LogP) is 3.25. The summed E-state index contributed by atoms with van der Waals surface area (Å²) in [5, 5.41) is 0.